The minimum absolute atomic E-state index is 0.987. The standard InChI is InChI=1S/C44H83N/c1-5-7-9-11-13-15-17-19-21-23-25-27-29-31-33-36-40-44(42-38-35-39-43-45(3)4)41-37-34-32-30-28-26-24-22-20-18-16-14-12-10-8-6-2/h13-16,19-22,44H,5-12,17-18,23-43H2,1-4H3/b15-13-,16-14-,21-19-,22-20?. The molecule has 0 radical (unpaired) electrons. The number of hydrogen-bond acceptors (Lipinski definition) is 1. The Morgan fingerprint density at radius 3 is 1.02 bits per heavy atom. The molecule has 0 spiro atoms. The van der Waals surface area contributed by atoms with E-state index in [1.807, 2.05) is 0 Å². The second kappa shape index (κ2) is 39.1. The van der Waals surface area contributed by atoms with E-state index >= 15 is 0 Å². The SMILES string of the molecule is CCCCC/C=C\CC=CCCCCCCCCC(CCCCCCCC/C=C\C/C=C\CCCCC)CCCCCN(C)C. The van der Waals surface area contributed by atoms with E-state index < -0.39 is 0 Å². The van der Waals surface area contributed by atoms with Gasteiger partial charge in [0, 0.05) is 0 Å². The highest BCUT2D eigenvalue weighted by molar-refractivity contribution is 4.93. The minimum Gasteiger partial charge on any atom is -0.309 e. The predicted molar refractivity (Wildman–Crippen MR) is 208 cm³/mol. The molecule has 264 valence electrons. The molecule has 0 aromatic carbocycles. The van der Waals surface area contributed by atoms with E-state index in [1.165, 1.54) is 186 Å². The van der Waals surface area contributed by atoms with Crippen molar-refractivity contribution in [2.75, 3.05) is 20.6 Å². The Hall–Kier alpha value is -1.08. The fourth-order valence-corrected chi connectivity index (χ4v) is 6.31. The van der Waals surface area contributed by atoms with Crippen LogP contribution in [0.25, 0.3) is 0 Å². The molecule has 0 amide bonds. The first kappa shape index (κ1) is 43.9. The van der Waals surface area contributed by atoms with Crippen LogP contribution in [-0.2, 0) is 0 Å². The molecular formula is C44H83N. The van der Waals surface area contributed by atoms with Crippen LogP contribution >= 0.6 is 0 Å². The Morgan fingerprint density at radius 1 is 0.356 bits per heavy atom. The molecule has 0 rings (SSSR count). The molecule has 1 unspecified atom stereocenters. The lowest BCUT2D eigenvalue weighted by Crippen LogP contribution is -2.12. The molecule has 0 aliphatic heterocycles. The Morgan fingerprint density at radius 2 is 0.667 bits per heavy atom. The monoisotopic (exact) mass is 626 g/mol. The van der Waals surface area contributed by atoms with Crippen molar-refractivity contribution in [3.8, 4) is 0 Å². The van der Waals surface area contributed by atoms with E-state index in [4.69, 9.17) is 0 Å². The molecule has 1 nitrogen and oxygen atoms in total. The first-order valence-corrected chi connectivity index (χ1v) is 20.4. The summed E-state index contributed by atoms with van der Waals surface area (Å²) in [5.74, 6) is 0.987. The zero-order chi connectivity index (χ0) is 32.7. The van der Waals surface area contributed by atoms with Gasteiger partial charge in [0.2, 0.25) is 0 Å². The number of unbranched alkanes of at least 4 members (excludes halogenated alkanes) is 20. The molecular weight excluding hydrogens is 542 g/mol. The second-order valence-electron chi connectivity index (χ2n) is 14.3. The highest BCUT2D eigenvalue weighted by Crippen LogP contribution is 2.24. The Bertz CT molecular complexity index is 606. The molecule has 1 heteroatoms. The summed E-state index contributed by atoms with van der Waals surface area (Å²) in [5.41, 5.74) is 0. The van der Waals surface area contributed by atoms with Crippen LogP contribution in [0.2, 0.25) is 0 Å². The minimum atomic E-state index is 0.987. The summed E-state index contributed by atoms with van der Waals surface area (Å²) < 4.78 is 0. The maximum absolute atomic E-state index is 2.41. The van der Waals surface area contributed by atoms with Gasteiger partial charge in [0.1, 0.15) is 0 Å². The molecule has 0 N–H and O–H groups in total. The summed E-state index contributed by atoms with van der Waals surface area (Å²) in [6, 6.07) is 0. The van der Waals surface area contributed by atoms with Gasteiger partial charge in [-0.25, -0.2) is 0 Å². The molecule has 0 aliphatic rings. The van der Waals surface area contributed by atoms with Crippen LogP contribution in [0.5, 0.6) is 0 Å². The van der Waals surface area contributed by atoms with Crippen molar-refractivity contribution in [1.82, 2.24) is 4.90 Å². The predicted octanol–water partition coefficient (Wildman–Crippen LogP) is 15.1. The van der Waals surface area contributed by atoms with Crippen LogP contribution in [0.1, 0.15) is 206 Å². The quantitative estimate of drug-likeness (QED) is 0.0494. The number of nitrogens with zero attached hydrogens (tertiary/aromatic N) is 1. The van der Waals surface area contributed by atoms with E-state index in [0.29, 0.717) is 0 Å². The average molecular weight is 626 g/mol. The molecule has 0 heterocycles. The van der Waals surface area contributed by atoms with Crippen LogP contribution in [0, 0.1) is 5.92 Å². The van der Waals surface area contributed by atoms with E-state index in [2.05, 4.69) is 81.5 Å². The molecule has 1 atom stereocenters. The van der Waals surface area contributed by atoms with Crippen molar-refractivity contribution in [3.63, 3.8) is 0 Å². The highest BCUT2D eigenvalue weighted by Gasteiger charge is 2.09. The Balaban J connectivity index is 3.88. The van der Waals surface area contributed by atoms with Crippen LogP contribution in [-0.4, -0.2) is 25.5 Å². The summed E-state index contributed by atoms with van der Waals surface area (Å²) in [4.78, 5) is 2.34. The van der Waals surface area contributed by atoms with Gasteiger partial charge >= 0.3 is 0 Å². The Labute approximate surface area is 285 Å². The first-order chi connectivity index (χ1) is 22.2. The zero-order valence-corrected chi connectivity index (χ0v) is 31.6. The summed E-state index contributed by atoms with van der Waals surface area (Å²) in [6.45, 7) is 5.81. The van der Waals surface area contributed by atoms with Gasteiger partial charge < -0.3 is 4.90 Å². The summed E-state index contributed by atoms with van der Waals surface area (Å²) in [6.07, 6.45) is 60.3. The van der Waals surface area contributed by atoms with Crippen molar-refractivity contribution in [1.29, 1.82) is 0 Å². The van der Waals surface area contributed by atoms with Gasteiger partial charge in [-0.2, -0.15) is 0 Å². The highest BCUT2D eigenvalue weighted by atomic mass is 15.0. The molecule has 0 saturated carbocycles. The zero-order valence-electron chi connectivity index (χ0n) is 31.6. The lowest BCUT2D eigenvalue weighted by Gasteiger charge is -2.17. The molecule has 0 aromatic rings. The van der Waals surface area contributed by atoms with Gasteiger partial charge in [-0.3, -0.25) is 0 Å². The van der Waals surface area contributed by atoms with E-state index in [1.54, 1.807) is 0 Å². The lowest BCUT2D eigenvalue weighted by atomic mass is 9.89. The van der Waals surface area contributed by atoms with Crippen LogP contribution < -0.4 is 0 Å². The van der Waals surface area contributed by atoms with Gasteiger partial charge in [-0.1, -0.05) is 184 Å². The molecule has 0 aromatic heterocycles. The second-order valence-corrected chi connectivity index (χ2v) is 14.3. The van der Waals surface area contributed by atoms with Gasteiger partial charge in [0.15, 0.2) is 0 Å². The van der Waals surface area contributed by atoms with Crippen molar-refractivity contribution in [2.24, 2.45) is 5.92 Å². The van der Waals surface area contributed by atoms with Crippen LogP contribution in [0.15, 0.2) is 48.6 Å². The molecule has 0 aliphatic carbocycles. The first-order valence-electron chi connectivity index (χ1n) is 20.4. The maximum Gasteiger partial charge on any atom is -0.00248 e. The molecule has 0 saturated heterocycles. The molecule has 45 heavy (non-hydrogen) atoms. The van der Waals surface area contributed by atoms with Gasteiger partial charge in [-0.15, -0.1) is 0 Å². The topological polar surface area (TPSA) is 3.24 Å². The number of rotatable bonds is 36. The summed E-state index contributed by atoms with van der Waals surface area (Å²) in [7, 11) is 4.42. The lowest BCUT2D eigenvalue weighted by molar-refractivity contribution is 0.352. The van der Waals surface area contributed by atoms with Crippen molar-refractivity contribution < 1.29 is 0 Å². The largest absolute Gasteiger partial charge is 0.309 e. The van der Waals surface area contributed by atoms with Gasteiger partial charge in [0.05, 0.1) is 0 Å². The summed E-state index contributed by atoms with van der Waals surface area (Å²) >= 11 is 0. The fourth-order valence-electron chi connectivity index (χ4n) is 6.31. The van der Waals surface area contributed by atoms with E-state index in [-0.39, 0.29) is 0 Å². The van der Waals surface area contributed by atoms with Crippen molar-refractivity contribution >= 4 is 0 Å². The number of allylic oxidation sites excluding steroid dienone is 8. The van der Waals surface area contributed by atoms with Crippen molar-refractivity contribution in [3.05, 3.63) is 48.6 Å². The Kier molecular flexibility index (Phi) is 38.2. The number of hydrogen-bond donors (Lipinski definition) is 0. The fraction of sp³-hybridized carbons (Fsp3) is 0.818. The molecule has 0 bridgehead atoms. The third-order valence-corrected chi connectivity index (χ3v) is 9.34. The molecule has 0 fully saturated rings. The van der Waals surface area contributed by atoms with Gasteiger partial charge in [-0.05, 0) is 97.2 Å². The average Bonchev–Trinajstić information content (AvgIpc) is 3.03. The van der Waals surface area contributed by atoms with Crippen LogP contribution in [0.4, 0.5) is 0 Å². The van der Waals surface area contributed by atoms with Crippen LogP contribution in [0.3, 0.4) is 0 Å². The summed E-state index contributed by atoms with van der Waals surface area (Å²) in [5, 5.41) is 0. The van der Waals surface area contributed by atoms with E-state index in [0.717, 1.165) is 18.8 Å². The maximum atomic E-state index is 2.41. The van der Waals surface area contributed by atoms with E-state index in [9.17, 15) is 0 Å². The third kappa shape index (κ3) is 39.0. The van der Waals surface area contributed by atoms with Gasteiger partial charge in [0.25, 0.3) is 0 Å². The van der Waals surface area contributed by atoms with Crippen molar-refractivity contribution in [2.45, 2.75) is 206 Å². The third-order valence-electron chi connectivity index (χ3n) is 9.34. The normalized spacial score (nSPS) is 13.2. The smallest absolute Gasteiger partial charge is 0.00248 e.